The van der Waals surface area contributed by atoms with Crippen molar-refractivity contribution in [1.29, 1.82) is 5.41 Å². The Morgan fingerprint density at radius 1 is 1.42 bits per heavy atom. The molecule has 0 spiro atoms. The molecule has 0 radical (unpaired) electrons. The van der Waals surface area contributed by atoms with Crippen molar-refractivity contribution in [1.82, 2.24) is 4.90 Å². The fourth-order valence-corrected chi connectivity index (χ4v) is 3.12. The van der Waals surface area contributed by atoms with E-state index in [2.05, 4.69) is 35.9 Å². The molecule has 0 saturated carbocycles. The number of thioether (sulfide) groups is 1. The van der Waals surface area contributed by atoms with Crippen LogP contribution >= 0.6 is 11.8 Å². The summed E-state index contributed by atoms with van der Waals surface area (Å²) >= 11 is 1.65. The van der Waals surface area contributed by atoms with Gasteiger partial charge in [-0.2, -0.15) is 0 Å². The fourth-order valence-electron chi connectivity index (χ4n) is 2.49. The van der Waals surface area contributed by atoms with E-state index in [0.717, 1.165) is 35.8 Å². The van der Waals surface area contributed by atoms with E-state index in [1.165, 1.54) is 0 Å². The second-order valence-electron chi connectivity index (χ2n) is 5.04. The van der Waals surface area contributed by atoms with Gasteiger partial charge in [-0.05, 0) is 32.4 Å². The molecule has 0 amide bonds. The maximum absolute atomic E-state index is 7.86. The highest BCUT2D eigenvalue weighted by molar-refractivity contribution is 7.98. The molecule has 0 bridgehead atoms. The monoisotopic (exact) mass is 278 g/mol. The lowest BCUT2D eigenvalue weighted by atomic mass is 10.1. The molecule has 1 aliphatic rings. The Kier molecular flexibility index (Phi) is 4.37. The first-order chi connectivity index (χ1) is 9.04. The lowest BCUT2D eigenvalue weighted by molar-refractivity contribution is 0.234. The summed E-state index contributed by atoms with van der Waals surface area (Å²) in [6, 6.07) is 6.68. The zero-order valence-electron chi connectivity index (χ0n) is 11.8. The molecule has 0 aromatic heterocycles. The molecule has 1 unspecified atom stereocenters. The van der Waals surface area contributed by atoms with Gasteiger partial charge >= 0.3 is 0 Å². The smallest absolute Gasteiger partial charge is 0.126 e. The number of amidine groups is 1. The van der Waals surface area contributed by atoms with Gasteiger partial charge in [0.15, 0.2) is 0 Å². The van der Waals surface area contributed by atoms with Crippen molar-refractivity contribution in [3.63, 3.8) is 0 Å². The SMILES string of the molecule is CSc1cccc(N2CCN(C)C(C)C2)c1C(=N)N. The van der Waals surface area contributed by atoms with Gasteiger partial charge in [-0.3, -0.25) is 5.41 Å². The summed E-state index contributed by atoms with van der Waals surface area (Å²) in [5.41, 5.74) is 7.77. The second kappa shape index (κ2) is 5.84. The third-order valence-corrected chi connectivity index (χ3v) is 4.57. The number of hydrogen-bond acceptors (Lipinski definition) is 4. The largest absolute Gasteiger partial charge is 0.384 e. The minimum atomic E-state index is 0.159. The first kappa shape index (κ1) is 14.2. The number of benzene rings is 1. The summed E-state index contributed by atoms with van der Waals surface area (Å²) in [5.74, 6) is 0.159. The summed E-state index contributed by atoms with van der Waals surface area (Å²) < 4.78 is 0. The van der Waals surface area contributed by atoms with Crippen LogP contribution in [0.1, 0.15) is 12.5 Å². The lowest BCUT2D eigenvalue weighted by Gasteiger charge is -2.39. The van der Waals surface area contributed by atoms with Crippen LogP contribution in [0.4, 0.5) is 5.69 Å². The molecule has 5 heteroatoms. The second-order valence-corrected chi connectivity index (χ2v) is 5.89. The van der Waals surface area contributed by atoms with Crippen LogP contribution in [0.25, 0.3) is 0 Å². The molecule has 1 atom stereocenters. The molecule has 1 heterocycles. The molecular weight excluding hydrogens is 256 g/mol. The van der Waals surface area contributed by atoms with Gasteiger partial charge < -0.3 is 15.5 Å². The maximum atomic E-state index is 7.86. The number of anilines is 1. The van der Waals surface area contributed by atoms with E-state index >= 15 is 0 Å². The van der Waals surface area contributed by atoms with Gasteiger partial charge in [-0.1, -0.05) is 6.07 Å². The van der Waals surface area contributed by atoms with Crippen molar-refractivity contribution in [2.24, 2.45) is 5.73 Å². The van der Waals surface area contributed by atoms with E-state index in [-0.39, 0.29) is 5.84 Å². The van der Waals surface area contributed by atoms with E-state index in [4.69, 9.17) is 11.1 Å². The number of hydrogen-bond donors (Lipinski definition) is 2. The standard InChI is InChI=1S/C14H22N4S/c1-10-9-18(8-7-17(10)2)11-5-4-6-12(19-3)13(11)14(15)16/h4-6,10H,7-9H2,1-3H3,(H3,15,16). The van der Waals surface area contributed by atoms with E-state index in [9.17, 15) is 0 Å². The van der Waals surface area contributed by atoms with Crippen molar-refractivity contribution >= 4 is 23.3 Å². The molecule has 1 aromatic carbocycles. The first-order valence-corrected chi connectivity index (χ1v) is 7.73. The highest BCUT2D eigenvalue weighted by atomic mass is 32.2. The quantitative estimate of drug-likeness (QED) is 0.503. The lowest BCUT2D eigenvalue weighted by Crippen LogP contribution is -2.50. The Balaban J connectivity index is 2.37. The predicted molar refractivity (Wildman–Crippen MR) is 83.5 cm³/mol. The van der Waals surface area contributed by atoms with Crippen LogP contribution in [-0.2, 0) is 0 Å². The van der Waals surface area contributed by atoms with Crippen molar-refractivity contribution < 1.29 is 0 Å². The molecule has 4 nitrogen and oxygen atoms in total. The Labute approximate surface area is 119 Å². The summed E-state index contributed by atoms with van der Waals surface area (Å²) in [7, 11) is 2.16. The normalized spacial score (nSPS) is 20.6. The van der Waals surface area contributed by atoms with Crippen LogP contribution in [0.5, 0.6) is 0 Å². The predicted octanol–water partition coefficient (Wildman–Crippen LogP) is 1.83. The van der Waals surface area contributed by atoms with Crippen LogP contribution in [0.3, 0.4) is 0 Å². The molecule has 1 saturated heterocycles. The molecule has 3 N–H and O–H groups in total. The topological polar surface area (TPSA) is 56.4 Å². The molecule has 1 aliphatic heterocycles. The molecule has 2 rings (SSSR count). The number of rotatable bonds is 3. The molecule has 1 aromatic rings. The van der Waals surface area contributed by atoms with E-state index in [1.807, 2.05) is 12.3 Å². The minimum absolute atomic E-state index is 0.159. The molecule has 104 valence electrons. The average molecular weight is 278 g/mol. The number of nitrogens with zero attached hydrogens (tertiary/aromatic N) is 2. The van der Waals surface area contributed by atoms with Crippen LogP contribution in [0, 0.1) is 5.41 Å². The Morgan fingerprint density at radius 2 is 2.16 bits per heavy atom. The summed E-state index contributed by atoms with van der Waals surface area (Å²) in [5, 5.41) is 7.86. The maximum Gasteiger partial charge on any atom is 0.126 e. The van der Waals surface area contributed by atoms with Gasteiger partial charge in [-0.15, -0.1) is 11.8 Å². The van der Waals surface area contributed by atoms with Gasteiger partial charge in [-0.25, -0.2) is 0 Å². The van der Waals surface area contributed by atoms with Crippen molar-refractivity contribution in [3.05, 3.63) is 23.8 Å². The van der Waals surface area contributed by atoms with Gasteiger partial charge in [0.05, 0.1) is 5.56 Å². The molecule has 19 heavy (non-hydrogen) atoms. The zero-order chi connectivity index (χ0) is 14.0. The van der Waals surface area contributed by atoms with Crippen molar-refractivity contribution in [3.8, 4) is 0 Å². The third-order valence-electron chi connectivity index (χ3n) is 3.79. The number of nitrogen functional groups attached to an aromatic ring is 1. The highest BCUT2D eigenvalue weighted by Crippen LogP contribution is 2.30. The Bertz CT molecular complexity index is 475. The molecule has 1 fully saturated rings. The molecule has 0 aliphatic carbocycles. The fraction of sp³-hybridized carbons (Fsp3) is 0.500. The van der Waals surface area contributed by atoms with Gasteiger partial charge in [0.2, 0.25) is 0 Å². The Morgan fingerprint density at radius 3 is 2.74 bits per heavy atom. The van der Waals surface area contributed by atoms with Crippen LogP contribution < -0.4 is 10.6 Å². The van der Waals surface area contributed by atoms with E-state index < -0.39 is 0 Å². The Hall–Kier alpha value is -1.20. The zero-order valence-corrected chi connectivity index (χ0v) is 12.6. The number of likely N-dealkylation sites (N-methyl/N-ethyl adjacent to an activating group) is 1. The van der Waals surface area contributed by atoms with Crippen molar-refractivity contribution in [2.75, 3.05) is 37.8 Å². The van der Waals surface area contributed by atoms with Gasteiger partial charge in [0.25, 0.3) is 0 Å². The van der Waals surface area contributed by atoms with Crippen LogP contribution in [0.2, 0.25) is 0 Å². The van der Waals surface area contributed by atoms with E-state index in [1.54, 1.807) is 11.8 Å². The van der Waals surface area contributed by atoms with Gasteiger partial charge in [0, 0.05) is 36.3 Å². The number of nitrogens with one attached hydrogen (secondary N) is 1. The van der Waals surface area contributed by atoms with Crippen LogP contribution in [0.15, 0.2) is 23.1 Å². The van der Waals surface area contributed by atoms with E-state index in [0.29, 0.717) is 6.04 Å². The number of nitrogens with two attached hydrogens (primary N) is 1. The van der Waals surface area contributed by atoms with Crippen molar-refractivity contribution in [2.45, 2.75) is 17.9 Å². The summed E-state index contributed by atoms with van der Waals surface area (Å²) in [6.45, 7) is 5.24. The average Bonchev–Trinajstić information content (AvgIpc) is 2.40. The summed E-state index contributed by atoms with van der Waals surface area (Å²) in [4.78, 5) is 5.79. The van der Waals surface area contributed by atoms with Gasteiger partial charge in [0.1, 0.15) is 5.84 Å². The highest BCUT2D eigenvalue weighted by Gasteiger charge is 2.24. The first-order valence-electron chi connectivity index (χ1n) is 6.51. The summed E-state index contributed by atoms with van der Waals surface area (Å²) in [6.07, 6.45) is 2.03. The number of piperazine rings is 1. The minimum Gasteiger partial charge on any atom is -0.384 e. The van der Waals surface area contributed by atoms with Crippen LogP contribution in [-0.4, -0.2) is 49.7 Å². The molecular formula is C14H22N4S. The third kappa shape index (κ3) is 2.87.